The van der Waals surface area contributed by atoms with Gasteiger partial charge in [0.2, 0.25) is 0 Å². The minimum absolute atomic E-state index is 0.257. The summed E-state index contributed by atoms with van der Waals surface area (Å²) in [5.74, 6) is -0.952. The molecule has 0 aliphatic rings. The molecule has 100 valence electrons. The zero-order valence-electron chi connectivity index (χ0n) is 11.1. The number of pyridine rings is 1. The average molecular weight is 266 g/mol. The molecular formula is C16H14N2O2. The molecule has 1 N–H and O–H groups in total. The van der Waals surface area contributed by atoms with E-state index in [9.17, 15) is 9.90 Å². The van der Waals surface area contributed by atoms with Crippen LogP contribution in [0.15, 0.2) is 53.8 Å². The maximum atomic E-state index is 11.2. The number of carboxylic acids is 1. The highest BCUT2D eigenvalue weighted by Crippen LogP contribution is 2.22. The van der Waals surface area contributed by atoms with Crippen molar-refractivity contribution in [3.63, 3.8) is 0 Å². The number of aliphatic imine (C=N–C) groups is 1. The molecule has 2 aromatic rings. The van der Waals surface area contributed by atoms with Crippen LogP contribution in [0.2, 0.25) is 0 Å². The Labute approximate surface area is 116 Å². The smallest absolute Gasteiger partial charge is 0.336 e. The van der Waals surface area contributed by atoms with Gasteiger partial charge in [0.15, 0.2) is 0 Å². The molecule has 20 heavy (non-hydrogen) atoms. The Balaban J connectivity index is 2.55. The van der Waals surface area contributed by atoms with E-state index in [-0.39, 0.29) is 5.56 Å². The number of benzene rings is 1. The molecule has 0 bridgehead atoms. The first kappa shape index (κ1) is 13.7. The van der Waals surface area contributed by atoms with E-state index in [1.807, 2.05) is 31.2 Å². The number of rotatable bonds is 4. The van der Waals surface area contributed by atoms with Gasteiger partial charge in [0.25, 0.3) is 0 Å². The Bertz CT molecular complexity index is 730. The number of carbonyl (C=O) groups is 1. The predicted molar refractivity (Wildman–Crippen MR) is 81.0 cm³/mol. The summed E-state index contributed by atoms with van der Waals surface area (Å²) in [4.78, 5) is 19.0. The number of hydrogen-bond acceptors (Lipinski definition) is 3. The van der Waals surface area contributed by atoms with Gasteiger partial charge in [-0.2, -0.15) is 0 Å². The zero-order valence-corrected chi connectivity index (χ0v) is 11.1. The molecule has 2 rings (SSSR count). The summed E-state index contributed by atoms with van der Waals surface area (Å²) in [5.41, 5.74) is 2.88. The highest BCUT2D eigenvalue weighted by Gasteiger charge is 2.09. The van der Waals surface area contributed by atoms with Crippen molar-refractivity contribution in [1.29, 1.82) is 0 Å². The van der Waals surface area contributed by atoms with Crippen molar-refractivity contribution in [2.75, 3.05) is 0 Å². The lowest BCUT2D eigenvalue weighted by Crippen LogP contribution is -1.98. The summed E-state index contributed by atoms with van der Waals surface area (Å²) in [6, 6.07) is 7.09. The number of hydrogen-bond donors (Lipinski definition) is 1. The summed E-state index contributed by atoms with van der Waals surface area (Å²) in [6.45, 7) is 5.31. The van der Waals surface area contributed by atoms with Crippen LogP contribution in [0.25, 0.3) is 16.5 Å². The Hall–Kier alpha value is -2.75. The number of nitrogens with zero attached hydrogens (tertiary/aromatic N) is 2. The SMILES string of the molecule is C=N/C=C\C=C(/C)c1ccc2nccc(C(=O)O)c2c1. The van der Waals surface area contributed by atoms with Gasteiger partial charge < -0.3 is 5.11 Å². The van der Waals surface area contributed by atoms with Crippen molar-refractivity contribution in [3.8, 4) is 0 Å². The molecular weight excluding hydrogens is 252 g/mol. The third-order valence-electron chi connectivity index (χ3n) is 2.96. The lowest BCUT2D eigenvalue weighted by Gasteiger charge is -2.05. The quantitative estimate of drug-likeness (QED) is 0.680. The van der Waals surface area contributed by atoms with Crippen LogP contribution >= 0.6 is 0 Å². The monoisotopic (exact) mass is 266 g/mol. The van der Waals surface area contributed by atoms with E-state index < -0.39 is 5.97 Å². The average Bonchev–Trinajstić information content (AvgIpc) is 2.46. The Kier molecular flexibility index (Phi) is 4.05. The second-order valence-electron chi connectivity index (χ2n) is 4.27. The number of carboxylic acid groups (broad SMARTS) is 1. The van der Waals surface area contributed by atoms with Crippen molar-refractivity contribution in [3.05, 3.63) is 59.9 Å². The molecule has 0 unspecified atom stereocenters. The van der Waals surface area contributed by atoms with Crippen LogP contribution in [-0.2, 0) is 0 Å². The van der Waals surface area contributed by atoms with E-state index in [0.29, 0.717) is 10.9 Å². The number of fused-ring (bicyclic) bond motifs is 1. The fourth-order valence-corrected chi connectivity index (χ4v) is 1.92. The van der Waals surface area contributed by atoms with Crippen molar-refractivity contribution in [2.45, 2.75) is 6.92 Å². The second-order valence-corrected chi connectivity index (χ2v) is 4.27. The molecule has 4 nitrogen and oxygen atoms in total. The van der Waals surface area contributed by atoms with Crippen molar-refractivity contribution < 1.29 is 9.90 Å². The molecule has 0 saturated heterocycles. The van der Waals surface area contributed by atoms with Crippen LogP contribution in [0.4, 0.5) is 0 Å². The number of allylic oxidation sites excluding steroid dienone is 3. The van der Waals surface area contributed by atoms with E-state index in [1.54, 1.807) is 12.3 Å². The van der Waals surface area contributed by atoms with Crippen LogP contribution in [-0.4, -0.2) is 22.8 Å². The molecule has 1 heterocycles. The summed E-state index contributed by atoms with van der Waals surface area (Å²) in [6.07, 6.45) is 6.78. The Morgan fingerprint density at radius 2 is 2.20 bits per heavy atom. The lowest BCUT2D eigenvalue weighted by molar-refractivity contribution is 0.0699. The van der Waals surface area contributed by atoms with Gasteiger partial charge in [-0.15, -0.1) is 0 Å². The summed E-state index contributed by atoms with van der Waals surface area (Å²) >= 11 is 0. The summed E-state index contributed by atoms with van der Waals surface area (Å²) in [5, 5.41) is 9.85. The van der Waals surface area contributed by atoms with Crippen LogP contribution in [0.3, 0.4) is 0 Å². The molecule has 1 aromatic carbocycles. The highest BCUT2D eigenvalue weighted by molar-refractivity contribution is 6.03. The van der Waals surface area contributed by atoms with E-state index in [1.165, 1.54) is 12.3 Å². The van der Waals surface area contributed by atoms with E-state index in [4.69, 9.17) is 0 Å². The molecule has 0 saturated carbocycles. The predicted octanol–water partition coefficient (Wildman–Crippen LogP) is 3.55. The van der Waals surface area contributed by atoms with Gasteiger partial charge >= 0.3 is 5.97 Å². The van der Waals surface area contributed by atoms with Gasteiger partial charge in [0.1, 0.15) is 0 Å². The van der Waals surface area contributed by atoms with E-state index in [0.717, 1.165) is 11.1 Å². The molecule has 0 aliphatic carbocycles. The normalized spacial score (nSPS) is 11.9. The van der Waals surface area contributed by atoms with Crippen molar-refractivity contribution in [1.82, 2.24) is 4.98 Å². The molecule has 0 aliphatic heterocycles. The van der Waals surface area contributed by atoms with Crippen molar-refractivity contribution >= 4 is 29.2 Å². The maximum Gasteiger partial charge on any atom is 0.336 e. The molecule has 1 aromatic heterocycles. The van der Waals surface area contributed by atoms with Crippen LogP contribution < -0.4 is 0 Å². The Morgan fingerprint density at radius 3 is 2.90 bits per heavy atom. The minimum Gasteiger partial charge on any atom is -0.478 e. The van der Waals surface area contributed by atoms with Gasteiger partial charge in [-0.3, -0.25) is 9.98 Å². The summed E-state index contributed by atoms with van der Waals surface area (Å²) in [7, 11) is 0. The Morgan fingerprint density at radius 1 is 1.40 bits per heavy atom. The molecule has 0 fully saturated rings. The second kappa shape index (κ2) is 5.93. The van der Waals surface area contributed by atoms with Crippen molar-refractivity contribution in [2.24, 2.45) is 4.99 Å². The topological polar surface area (TPSA) is 62.5 Å². The standard InChI is InChI=1S/C16H14N2O2/c1-11(4-3-8-17-2)12-5-6-15-14(10-12)13(16(19)20)7-9-18-15/h3-10H,2H2,1H3,(H,19,20)/b8-3-,11-4+. The molecule has 4 heteroatoms. The van der Waals surface area contributed by atoms with E-state index >= 15 is 0 Å². The van der Waals surface area contributed by atoms with Crippen LogP contribution in [0.1, 0.15) is 22.8 Å². The van der Waals surface area contributed by atoms with Gasteiger partial charge in [-0.25, -0.2) is 4.79 Å². The zero-order chi connectivity index (χ0) is 14.5. The van der Waals surface area contributed by atoms with Gasteiger partial charge in [-0.1, -0.05) is 12.1 Å². The number of aromatic nitrogens is 1. The minimum atomic E-state index is -0.952. The first-order valence-electron chi connectivity index (χ1n) is 6.05. The third kappa shape index (κ3) is 2.80. The first-order chi connectivity index (χ1) is 9.63. The van der Waals surface area contributed by atoms with Gasteiger partial charge in [-0.05, 0) is 49.1 Å². The van der Waals surface area contributed by atoms with E-state index in [2.05, 4.69) is 16.7 Å². The van der Waals surface area contributed by atoms with Crippen LogP contribution in [0.5, 0.6) is 0 Å². The first-order valence-corrected chi connectivity index (χ1v) is 6.05. The lowest BCUT2D eigenvalue weighted by atomic mass is 10.0. The molecule has 0 spiro atoms. The fraction of sp³-hybridized carbons (Fsp3) is 0.0625. The van der Waals surface area contributed by atoms with Crippen LogP contribution in [0, 0.1) is 0 Å². The maximum absolute atomic E-state index is 11.2. The van der Waals surface area contributed by atoms with Gasteiger partial charge in [0, 0.05) is 17.8 Å². The molecule has 0 radical (unpaired) electrons. The molecule has 0 amide bonds. The largest absolute Gasteiger partial charge is 0.478 e. The summed E-state index contributed by atoms with van der Waals surface area (Å²) < 4.78 is 0. The molecule has 0 atom stereocenters. The number of aromatic carboxylic acids is 1. The highest BCUT2D eigenvalue weighted by atomic mass is 16.4. The van der Waals surface area contributed by atoms with Gasteiger partial charge in [0.05, 0.1) is 11.1 Å². The fourth-order valence-electron chi connectivity index (χ4n) is 1.92. The third-order valence-corrected chi connectivity index (χ3v) is 2.96.